The summed E-state index contributed by atoms with van der Waals surface area (Å²) in [7, 11) is 2.98. The lowest BCUT2D eigenvalue weighted by atomic mass is 9.89. The summed E-state index contributed by atoms with van der Waals surface area (Å²) in [4.78, 5) is 24.5. The van der Waals surface area contributed by atoms with Crippen molar-refractivity contribution >= 4 is 22.7 Å². The van der Waals surface area contributed by atoms with E-state index in [1.165, 1.54) is 21.1 Å². The van der Waals surface area contributed by atoms with E-state index in [1.54, 1.807) is 24.3 Å². The lowest BCUT2D eigenvalue weighted by Crippen LogP contribution is -2.56. The van der Waals surface area contributed by atoms with E-state index in [2.05, 4.69) is 0 Å². The highest BCUT2D eigenvalue weighted by atomic mass is 16.7. The second kappa shape index (κ2) is 10.0. The predicted molar refractivity (Wildman–Crippen MR) is 136 cm³/mol. The maximum atomic E-state index is 13.2. The highest BCUT2D eigenvalue weighted by Crippen LogP contribution is 2.49. The number of esters is 2. The monoisotopic (exact) mass is 554 g/mol. The molecule has 0 bridgehead atoms. The van der Waals surface area contributed by atoms with Crippen LogP contribution < -0.4 is 23.7 Å². The van der Waals surface area contributed by atoms with Gasteiger partial charge >= 0.3 is 11.9 Å². The van der Waals surface area contributed by atoms with Gasteiger partial charge in [-0.15, -0.1) is 0 Å². The predicted octanol–water partition coefficient (Wildman–Crippen LogP) is 2.31. The third-order valence-corrected chi connectivity index (χ3v) is 7.06. The molecule has 4 atom stereocenters. The average Bonchev–Trinajstić information content (AvgIpc) is 3.58. The fourth-order valence-corrected chi connectivity index (χ4v) is 5.20. The normalized spacial score (nSPS) is 23.0. The minimum atomic E-state index is -1.57. The second-order valence-electron chi connectivity index (χ2n) is 9.40. The zero-order chi connectivity index (χ0) is 28.1. The van der Waals surface area contributed by atoms with E-state index in [-0.39, 0.29) is 31.3 Å². The van der Waals surface area contributed by atoms with Crippen molar-refractivity contribution in [2.24, 2.45) is 0 Å². The molecule has 1 fully saturated rings. The van der Waals surface area contributed by atoms with Gasteiger partial charge in [-0.05, 0) is 35.2 Å². The Bertz CT molecular complexity index is 1520. The molecule has 3 aromatic rings. The number of cyclic esters (lactones) is 1. The minimum Gasteiger partial charge on any atom is -0.493 e. The molecule has 0 radical (unpaired) electrons. The van der Waals surface area contributed by atoms with Gasteiger partial charge in [0.2, 0.25) is 13.1 Å². The summed E-state index contributed by atoms with van der Waals surface area (Å²) in [5.41, 5.74) is 1.90. The molecule has 1 saturated heterocycles. The number of aliphatic hydroxyl groups excluding tert-OH is 2. The van der Waals surface area contributed by atoms with Crippen molar-refractivity contribution in [3.8, 4) is 39.9 Å². The Morgan fingerprint density at radius 2 is 1.65 bits per heavy atom. The maximum absolute atomic E-state index is 13.2. The van der Waals surface area contributed by atoms with Gasteiger partial charge in [-0.3, -0.25) is 4.79 Å². The molecule has 0 aromatic heterocycles. The molecular weight excluding hydrogens is 528 g/mol. The molecule has 0 amide bonds. The molecule has 3 heterocycles. The first kappa shape index (κ1) is 26.0. The van der Waals surface area contributed by atoms with E-state index >= 15 is 0 Å². The van der Waals surface area contributed by atoms with Crippen molar-refractivity contribution in [2.45, 2.75) is 38.1 Å². The van der Waals surface area contributed by atoms with Gasteiger partial charge < -0.3 is 48.1 Å². The maximum Gasteiger partial charge on any atom is 0.339 e. The van der Waals surface area contributed by atoms with Crippen molar-refractivity contribution in [3.05, 3.63) is 41.5 Å². The van der Waals surface area contributed by atoms with Gasteiger partial charge in [-0.2, -0.15) is 0 Å². The van der Waals surface area contributed by atoms with Crippen molar-refractivity contribution in [1.29, 1.82) is 0 Å². The zero-order valence-corrected chi connectivity index (χ0v) is 21.8. The third-order valence-electron chi connectivity index (χ3n) is 7.06. The number of fused-ring (bicyclic) bond motifs is 3. The summed E-state index contributed by atoms with van der Waals surface area (Å²) >= 11 is 0. The summed E-state index contributed by atoms with van der Waals surface area (Å²) in [6.45, 7) is 0.958. The number of ether oxygens (including phenoxy) is 8. The summed E-state index contributed by atoms with van der Waals surface area (Å²) < 4.78 is 44.5. The molecule has 3 aromatic carbocycles. The molecule has 0 aliphatic carbocycles. The van der Waals surface area contributed by atoms with Crippen LogP contribution in [0.25, 0.3) is 21.9 Å². The SMILES string of the molecule is COc1cc2c(O[C@H]3OC[C@@H](OC(C)=O)[C@@H](O)[C@@H]3O)c3c(c(-c4ccc5c(c4)OCO5)c2cc1OC)C(=O)OC3. The van der Waals surface area contributed by atoms with Gasteiger partial charge in [-0.25, -0.2) is 4.79 Å². The van der Waals surface area contributed by atoms with E-state index in [0.717, 1.165) is 0 Å². The first-order chi connectivity index (χ1) is 19.3. The zero-order valence-electron chi connectivity index (χ0n) is 21.8. The second-order valence-corrected chi connectivity index (χ2v) is 9.40. The van der Waals surface area contributed by atoms with Gasteiger partial charge in [-0.1, -0.05) is 6.07 Å². The van der Waals surface area contributed by atoms with E-state index in [4.69, 9.17) is 37.9 Å². The fourth-order valence-electron chi connectivity index (χ4n) is 5.20. The number of benzene rings is 3. The Hall–Kier alpha value is -4.26. The van der Waals surface area contributed by atoms with Crippen molar-refractivity contribution in [3.63, 3.8) is 0 Å². The van der Waals surface area contributed by atoms with Gasteiger partial charge in [0.15, 0.2) is 29.1 Å². The van der Waals surface area contributed by atoms with Crippen LogP contribution in [-0.2, 0) is 25.6 Å². The minimum absolute atomic E-state index is 0.0887. The molecule has 6 rings (SSSR count). The van der Waals surface area contributed by atoms with Crippen LogP contribution in [0.3, 0.4) is 0 Å². The molecule has 3 aliphatic heterocycles. The number of aliphatic hydroxyl groups is 2. The highest BCUT2D eigenvalue weighted by molar-refractivity contribution is 6.14. The molecule has 0 saturated carbocycles. The Morgan fingerprint density at radius 1 is 0.925 bits per heavy atom. The van der Waals surface area contributed by atoms with Crippen LogP contribution in [0.4, 0.5) is 0 Å². The number of hydrogen-bond acceptors (Lipinski definition) is 12. The van der Waals surface area contributed by atoms with E-state index in [0.29, 0.717) is 50.5 Å². The molecule has 0 unspecified atom stereocenters. The topological polar surface area (TPSA) is 148 Å². The standard InChI is InChI=1S/C28H26O12/c1-12(29)39-21-10-36-28(25(31)24(21)30)40-26-15-8-19(34-3)18(33-2)7-14(15)22(23-16(26)9-35-27(23)32)13-4-5-17-20(6-13)38-11-37-17/h4-8,21,24-25,28,30-31H,9-11H2,1-3H3/t21-,24-,25+,28-/m1/s1. The molecule has 210 valence electrons. The van der Waals surface area contributed by atoms with Crippen molar-refractivity contribution in [2.75, 3.05) is 27.6 Å². The van der Waals surface area contributed by atoms with Crippen molar-refractivity contribution in [1.82, 2.24) is 0 Å². The van der Waals surface area contributed by atoms with Crippen LogP contribution in [0.15, 0.2) is 30.3 Å². The first-order valence-corrected chi connectivity index (χ1v) is 12.4. The lowest BCUT2D eigenvalue weighted by molar-refractivity contribution is -0.247. The van der Waals surface area contributed by atoms with Crippen LogP contribution in [-0.4, -0.2) is 74.4 Å². The molecular formula is C28H26O12. The van der Waals surface area contributed by atoms with Gasteiger partial charge in [0.1, 0.15) is 24.6 Å². The van der Waals surface area contributed by atoms with Crippen LogP contribution in [0.2, 0.25) is 0 Å². The lowest BCUT2D eigenvalue weighted by Gasteiger charge is -2.37. The van der Waals surface area contributed by atoms with Crippen LogP contribution in [0, 0.1) is 0 Å². The molecule has 12 heteroatoms. The van der Waals surface area contributed by atoms with Crippen molar-refractivity contribution < 1.29 is 57.7 Å². The van der Waals surface area contributed by atoms with Gasteiger partial charge in [0.25, 0.3) is 0 Å². The highest BCUT2D eigenvalue weighted by Gasteiger charge is 2.43. The number of carbonyl (C=O) groups is 2. The Morgan fingerprint density at radius 3 is 2.38 bits per heavy atom. The largest absolute Gasteiger partial charge is 0.493 e. The molecule has 2 N–H and O–H groups in total. The summed E-state index contributed by atoms with van der Waals surface area (Å²) in [5.74, 6) is 0.915. The van der Waals surface area contributed by atoms with Gasteiger partial charge in [0.05, 0.1) is 26.4 Å². The average molecular weight is 555 g/mol. The van der Waals surface area contributed by atoms with Crippen LogP contribution in [0.1, 0.15) is 22.8 Å². The number of carbonyl (C=O) groups excluding carboxylic acids is 2. The molecule has 40 heavy (non-hydrogen) atoms. The van der Waals surface area contributed by atoms with Crippen LogP contribution >= 0.6 is 0 Å². The number of methoxy groups -OCH3 is 2. The third kappa shape index (κ3) is 4.21. The first-order valence-electron chi connectivity index (χ1n) is 12.4. The van der Waals surface area contributed by atoms with Gasteiger partial charge in [0, 0.05) is 23.4 Å². The number of hydrogen-bond donors (Lipinski definition) is 2. The number of rotatable bonds is 6. The Balaban J connectivity index is 1.53. The molecule has 3 aliphatic rings. The quantitative estimate of drug-likeness (QED) is 0.431. The fraction of sp³-hybridized carbons (Fsp3) is 0.357. The smallest absolute Gasteiger partial charge is 0.339 e. The summed E-state index contributed by atoms with van der Waals surface area (Å²) in [6.07, 6.45) is -5.47. The summed E-state index contributed by atoms with van der Waals surface area (Å²) in [5, 5.41) is 22.5. The Labute approximate surface area is 227 Å². The molecule has 0 spiro atoms. The van der Waals surface area contributed by atoms with Crippen LogP contribution in [0.5, 0.6) is 28.7 Å². The van der Waals surface area contributed by atoms with E-state index in [9.17, 15) is 19.8 Å². The Kier molecular flexibility index (Phi) is 6.53. The molecule has 12 nitrogen and oxygen atoms in total. The van der Waals surface area contributed by atoms with E-state index in [1.807, 2.05) is 6.07 Å². The van der Waals surface area contributed by atoms with E-state index < -0.39 is 36.5 Å². The summed E-state index contributed by atoms with van der Waals surface area (Å²) in [6, 6.07) is 8.76.